The second-order valence-electron chi connectivity index (χ2n) is 6.08. The maximum absolute atomic E-state index is 12.2. The zero-order valence-electron chi connectivity index (χ0n) is 13.2. The number of nitro benzene ring substituents is 1. The van der Waals surface area contributed by atoms with E-state index in [1.807, 2.05) is 34.6 Å². The van der Waals surface area contributed by atoms with E-state index in [1.54, 1.807) is 12.1 Å². The van der Waals surface area contributed by atoms with E-state index in [9.17, 15) is 14.9 Å². The minimum atomic E-state index is -0.484. The minimum Gasteiger partial charge on any atom is -0.380 e. The molecule has 0 aliphatic heterocycles. The molecule has 0 aliphatic carbocycles. The summed E-state index contributed by atoms with van der Waals surface area (Å²) in [5.74, 6) is -0.302. The van der Waals surface area contributed by atoms with Gasteiger partial charge in [0.15, 0.2) is 0 Å². The maximum Gasteiger partial charge on any atom is 0.293 e. The van der Waals surface area contributed by atoms with Gasteiger partial charge in [-0.15, -0.1) is 0 Å². The molecule has 6 nitrogen and oxygen atoms in total. The number of nitrogens with one attached hydrogen (secondary N) is 2. The summed E-state index contributed by atoms with van der Waals surface area (Å²) in [5, 5.41) is 16.9. The number of amides is 1. The van der Waals surface area contributed by atoms with Gasteiger partial charge in [-0.1, -0.05) is 20.8 Å². The van der Waals surface area contributed by atoms with Crippen LogP contribution in [0.1, 0.15) is 45.0 Å². The van der Waals surface area contributed by atoms with E-state index in [1.165, 1.54) is 6.07 Å². The van der Waals surface area contributed by atoms with Gasteiger partial charge in [0.2, 0.25) is 0 Å². The summed E-state index contributed by atoms with van der Waals surface area (Å²) >= 11 is 0. The van der Waals surface area contributed by atoms with Crippen LogP contribution in [0.5, 0.6) is 0 Å². The fourth-order valence-corrected chi connectivity index (χ4v) is 1.66. The van der Waals surface area contributed by atoms with Gasteiger partial charge in [-0.2, -0.15) is 0 Å². The van der Waals surface area contributed by atoms with Gasteiger partial charge < -0.3 is 10.6 Å². The van der Waals surface area contributed by atoms with Crippen LogP contribution in [0.15, 0.2) is 18.2 Å². The molecule has 0 fully saturated rings. The Kier molecular flexibility index (Phi) is 5.29. The van der Waals surface area contributed by atoms with Gasteiger partial charge in [0.25, 0.3) is 11.6 Å². The number of nitro groups is 1. The summed E-state index contributed by atoms with van der Waals surface area (Å²) in [6.45, 7) is 10.4. The molecule has 0 aliphatic rings. The smallest absolute Gasteiger partial charge is 0.293 e. The first-order valence-electron chi connectivity index (χ1n) is 7.00. The van der Waals surface area contributed by atoms with Gasteiger partial charge in [0.05, 0.1) is 4.92 Å². The first-order valence-corrected chi connectivity index (χ1v) is 7.00. The van der Waals surface area contributed by atoms with Gasteiger partial charge in [-0.25, -0.2) is 0 Å². The van der Waals surface area contributed by atoms with Crippen molar-refractivity contribution in [3.63, 3.8) is 0 Å². The first kappa shape index (κ1) is 16.9. The van der Waals surface area contributed by atoms with Crippen molar-refractivity contribution < 1.29 is 9.72 Å². The average molecular weight is 293 g/mol. The zero-order valence-corrected chi connectivity index (χ0v) is 13.2. The van der Waals surface area contributed by atoms with Crippen molar-refractivity contribution in [1.82, 2.24) is 5.32 Å². The van der Waals surface area contributed by atoms with Gasteiger partial charge in [0, 0.05) is 24.2 Å². The molecule has 0 aromatic heterocycles. The highest BCUT2D eigenvalue weighted by atomic mass is 16.6. The van der Waals surface area contributed by atoms with E-state index in [0.29, 0.717) is 17.8 Å². The molecule has 0 saturated carbocycles. The van der Waals surface area contributed by atoms with Crippen molar-refractivity contribution in [1.29, 1.82) is 0 Å². The van der Waals surface area contributed by atoms with Crippen LogP contribution >= 0.6 is 0 Å². The van der Waals surface area contributed by atoms with Crippen LogP contribution in [-0.4, -0.2) is 23.4 Å². The highest BCUT2D eigenvalue weighted by Crippen LogP contribution is 2.26. The summed E-state index contributed by atoms with van der Waals surface area (Å²) in [5.41, 5.74) is 0.543. The molecular weight excluding hydrogens is 270 g/mol. The highest BCUT2D eigenvalue weighted by Gasteiger charge is 2.23. The van der Waals surface area contributed by atoms with Crippen LogP contribution < -0.4 is 10.6 Å². The van der Waals surface area contributed by atoms with Crippen LogP contribution in [0.3, 0.4) is 0 Å². The van der Waals surface area contributed by atoms with Gasteiger partial charge >= 0.3 is 0 Å². The van der Waals surface area contributed by atoms with E-state index in [4.69, 9.17) is 0 Å². The standard InChI is InChI=1S/C15H23N3O3/c1-6-16-12-8-7-11(9-13(12)18(20)21)14(19)17-10(2)15(3,4)5/h7-10,16H,6H2,1-5H3,(H,17,19). The molecule has 116 valence electrons. The molecule has 0 radical (unpaired) electrons. The van der Waals surface area contributed by atoms with Crippen LogP contribution in [-0.2, 0) is 0 Å². The Labute approximate surface area is 125 Å². The molecule has 0 spiro atoms. The fraction of sp³-hybridized carbons (Fsp3) is 0.533. The lowest BCUT2D eigenvalue weighted by Gasteiger charge is -2.28. The largest absolute Gasteiger partial charge is 0.380 e. The Morgan fingerprint density at radius 3 is 2.48 bits per heavy atom. The van der Waals surface area contributed by atoms with E-state index in [-0.39, 0.29) is 23.1 Å². The zero-order chi connectivity index (χ0) is 16.2. The molecule has 2 N–H and O–H groups in total. The first-order chi connectivity index (χ1) is 9.66. The number of carbonyl (C=O) groups excluding carboxylic acids is 1. The monoisotopic (exact) mass is 293 g/mol. The number of benzene rings is 1. The predicted octanol–water partition coefficient (Wildman–Crippen LogP) is 3.19. The van der Waals surface area contributed by atoms with E-state index in [2.05, 4.69) is 10.6 Å². The number of rotatable bonds is 5. The molecule has 1 rings (SSSR count). The Morgan fingerprint density at radius 1 is 1.38 bits per heavy atom. The summed E-state index contributed by atoms with van der Waals surface area (Å²) in [6.07, 6.45) is 0. The third kappa shape index (κ3) is 4.44. The summed E-state index contributed by atoms with van der Waals surface area (Å²) in [4.78, 5) is 22.8. The van der Waals surface area contributed by atoms with Crippen LogP contribution in [0, 0.1) is 15.5 Å². The second kappa shape index (κ2) is 6.56. The molecule has 1 aromatic carbocycles. The molecule has 21 heavy (non-hydrogen) atoms. The fourth-order valence-electron chi connectivity index (χ4n) is 1.66. The highest BCUT2D eigenvalue weighted by molar-refractivity contribution is 5.96. The quantitative estimate of drug-likeness (QED) is 0.645. The molecular formula is C15H23N3O3. The van der Waals surface area contributed by atoms with Crippen LogP contribution in [0.4, 0.5) is 11.4 Å². The Balaban J connectivity index is 3.01. The second-order valence-corrected chi connectivity index (χ2v) is 6.08. The molecule has 6 heteroatoms. The third-order valence-corrected chi connectivity index (χ3v) is 3.47. The maximum atomic E-state index is 12.2. The van der Waals surface area contributed by atoms with E-state index >= 15 is 0 Å². The average Bonchev–Trinajstić information content (AvgIpc) is 2.37. The lowest BCUT2D eigenvalue weighted by molar-refractivity contribution is -0.384. The molecule has 0 bridgehead atoms. The van der Waals surface area contributed by atoms with Gasteiger partial charge in [-0.05, 0) is 31.4 Å². The van der Waals surface area contributed by atoms with E-state index < -0.39 is 4.92 Å². The predicted molar refractivity (Wildman–Crippen MR) is 83.6 cm³/mol. The number of hydrogen-bond acceptors (Lipinski definition) is 4. The normalized spacial score (nSPS) is 12.6. The van der Waals surface area contributed by atoms with Crippen LogP contribution in [0.25, 0.3) is 0 Å². The van der Waals surface area contributed by atoms with Crippen molar-refractivity contribution in [2.75, 3.05) is 11.9 Å². The van der Waals surface area contributed by atoms with Crippen LogP contribution in [0.2, 0.25) is 0 Å². The number of hydrogen-bond donors (Lipinski definition) is 2. The summed E-state index contributed by atoms with van der Waals surface area (Å²) in [6, 6.07) is 4.42. The molecule has 1 aromatic rings. The van der Waals surface area contributed by atoms with Crippen molar-refractivity contribution in [3.8, 4) is 0 Å². The number of anilines is 1. The summed E-state index contributed by atoms with van der Waals surface area (Å²) < 4.78 is 0. The summed E-state index contributed by atoms with van der Waals surface area (Å²) in [7, 11) is 0. The Hall–Kier alpha value is -2.11. The molecule has 1 atom stereocenters. The van der Waals surface area contributed by atoms with E-state index in [0.717, 1.165) is 0 Å². The molecule has 0 heterocycles. The van der Waals surface area contributed by atoms with Crippen molar-refractivity contribution in [3.05, 3.63) is 33.9 Å². The SMILES string of the molecule is CCNc1ccc(C(=O)NC(C)C(C)(C)C)cc1[N+](=O)[O-]. The van der Waals surface area contributed by atoms with Gasteiger partial charge in [-0.3, -0.25) is 14.9 Å². The van der Waals surface area contributed by atoms with Gasteiger partial charge in [0.1, 0.15) is 5.69 Å². The Bertz CT molecular complexity index is 535. The number of nitrogens with zero attached hydrogens (tertiary/aromatic N) is 1. The lowest BCUT2D eigenvalue weighted by atomic mass is 9.88. The minimum absolute atomic E-state index is 0.0440. The third-order valence-electron chi connectivity index (χ3n) is 3.47. The molecule has 1 amide bonds. The molecule has 0 saturated heterocycles. The van der Waals surface area contributed by atoms with Crippen molar-refractivity contribution in [2.45, 2.75) is 40.7 Å². The lowest BCUT2D eigenvalue weighted by Crippen LogP contribution is -2.41. The molecule has 1 unspecified atom stereocenters. The number of carbonyl (C=O) groups is 1. The Morgan fingerprint density at radius 2 is 2.00 bits per heavy atom. The van der Waals surface area contributed by atoms with Crippen molar-refractivity contribution in [2.24, 2.45) is 5.41 Å². The van der Waals surface area contributed by atoms with Crippen molar-refractivity contribution >= 4 is 17.3 Å². The topological polar surface area (TPSA) is 84.3 Å².